The number of rotatable bonds is 6. The monoisotopic (exact) mass is 268 g/mol. The molecule has 2 heterocycles. The zero-order valence-corrected chi connectivity index (χ0v) is 12.0. The quantitative estimate of drug-likeness (QED) is 0.852. The summed E-state index contributed by atoms with van der Waals surface area (Å²) in [6, 6.07) is 0. The number of thiazole rings is 1. The third-order valence-electron chi connectivity index (χ3n) is 3.83. The van der Waals surface area contributed by atoms with Crippen molar-refractivity contribution in [3.05, 3.63) is 11.6 Å². The fraction of sp³-hybridized carbons (Fsp3) is 0.769. The van der Waals surface area contributed by atoms with E-state index < -0.39 is 0 Å². The molecule has 1 aromatic heterocycles. The summed E-state index contributed by atoms with van der Waals surface area (Å²) in [6.45, 7) is 8.77. The SMILES string of the molecule is CCC(CN)CCN1CCN(c2nccs2)CC1. The molecule has 0 aliphatic carbocycles. The molecular formula is C13H24N4S. The average molecular weight is 268 g/mol. The van der Waals surface area contributed by atoms with Gasteiger partial charge in [-0.3, -0.25) is 4.90 Å². The highest BCUT2D eigenvalue weighted by molar-refractivity contribution is 7.13. The molecule has 1 fully saturated rings. The van der Waals surface area contributed by atoms with Crippen LogP contribution < -0.4 is 10.6 Å². The molecule has 0 aromatic carbocycles. The zero-order chi connectivity index (χ0) is 12.8. The van der Waals surface area contributed by atoms with Gasteiger partial charge in [0, 0.05) is 37.8 Å². The Labute approximate surface area is 114 Å². The predicted molar refractivity (Wildman–Crippen MR) is 78.2 cm³/mol. The molecule has 4 nitrogen and oxygen atoms in total. The molecule has 1 saturated heterocycles. The van der Waals surface area contributed by atoms with Crippen LogP contribution in [0.4, 0.5) is 5.13 Å². The van der Waals surface area contributed by atoms with E-state index in [0.29, 0.717) is 5.92 Å². The number of nitrogens with two attached hydrogens (primary N) is 1. The van der Waals surface area contributed by atoms with Crippen molar-refractivity contribution in [2.75, 3.05) is 44.2 Å². The maximum Gasteiger partial charge on any atom is 0.185 e. The number of anilines is 1. The molecule has 102 valence electrons. The summed E-state index contributed by atoms with van der Waals surface area (Å²) in [5.41, 5.74) is 5.75. The second-order valence-corrected chi connectivity index (χ2v) is 5.82. The topological polar surface area (TPSA) is 45.4 Å². The predicted octanol–water partition coefficient (Wildman–Crippen LogP) is 1.64. The van der Waals surface area contributed by atoms with Gasteiger partial charge in [-0.05, 0) is 25.4 Å². The summed E-state index contributed by atoms with van der Waals surface area (Å²) < 4.78 is 0. The number of hydrogen-bond acceptors (Lipinski definition) is 5. The van der Waals surface area contributed by atoms with Crippen LogP contribution in [0.3, 0.4) is 0 Å². The Bertz CT molecular complexity index is 316. The van der Waals surface area contributed by atoms with Crippen molar-refractivity contribution in [2.45, 2.75) is 19.8 Å². The minimum Gasteiger partial charge on any atom is -0.346 e. The molecule has 1 aliphatic rings. The lowest BCUT2D eigenvalue weighted by Gasteiger charge is -2.35. The van der Waals surface area contributed by atoms with E-state index in [9.17, 15) is 0 Å². The molecule has 0 bridgehead atoms. The first-order valence-corrected chi connectivity index (χ1v) is 7.78. The Kier molecular flexibility index (Phi) is 5.41. The summed E-state index contributed by atoms with van der Waals surface area (Å²) in [5, 5.41) is 3.22. The molecule has 1 aromatic rings. The first kappa shape index (κ1) is 13.8. The molecule has 2 N–H and O–H groups in total. The van der Waals surface area contributed by atoms with Gasteiger partial charge in [-0.25, -0.2) is 4.98 Å². The van der Waals surface area contributed by atoms with Gasteiger partial charge < -0.3 is 10.6 Å². The molecule has 2 rings (SSSR count). The molecule has 1 atom stereocenters. The largest absolute Gasteiger partial charge is 0.346 e. The maximum absolute atomic E-state index is 5.75. The first-order chi connectivity index (χ1) is 8.83. The summed E-state index contributed by atoms with van der Waals surface area (Å²) >= 11 is 1.74. The summed E-state index contributed by atoms with van der Waals surface area (Å²) in [4.78, 5) is 9.32. The van der Waals surface area contributed by atoms with Crippen LogP contribution >= 0.6 is 11.3 Å². The van der Waals surface area contributed by atoms with Crippen molar-refractivity contribution in [1.29, 1.82) is 0 Å². The lowest BCUT2D eigenvalue weighted by atomic mass is 10.0. The van der Waals surface area contributed by atoms with Crippen LogP contribution in [0.2, 0.25) is 0 Å². The lowest BCUT2D eigenvalue weighted by Crippen LogP contribution is -2.47. The Morgan fingerprint density at radius 2 is 2.17 bits per heavy atom. The Balaban J connectivity index is 1.70. The number of piperazine rings is 1. The molecular weight excluding hydrogens is 244 g/mol. The van der Waals surface area contributed by atoms with Crippen molar-refractivity contribution in [2.24, 2.45) is 11.7 Å². The van der Waals surface area contributed by atoms with E-state index in [0.717, 1.165) is 32.7 Å². The molecule has 5 heteroatoms. The van der Waals surface area contributed by atoms with Gasteiger partial charge in [0.15, 0.2) is 5.13 Å². The normalized spacial score (nSPS) is 19.1. The van der Waals surface area contributed by atoms with E-state index in [2.05, 4.69) is 27.1 Å². The van der Waals surface area contributed by atoms with Crippen LogP contribution in [-0.2, 0) is 0 Å². The van der Waals surface area contributed by atoms with E-state index >= 15 is 0 Å². The average Bonchev–Trinajstić information content (AvgIpc) is 2.94. The number of aromatic nitrogens is 1. The van der Waals surface area contributed by atoms with E-state index in [-0.39, 0.29) is 0 Å². The molecule has 18 heavy (non-hydrogen) atoms. The minimum atomic E-state index is 0.696. The highest BCUT2D eigenvalue weighted by Crippen LogP contribution is 2.19. The summed E-state index contributed by atoms with van der Waals surface area (Å²) in [7, 11) is 0. The zero-order valence-electron chi connectivity index (χ0n) is 11.2. The van der Waals surface area contributed by atoms with Gasteiger partial charge in [0.1, 0.15) is 0 Å². The highest BCUT2D eigenvalue weighted by atomic mass is 32.1. The van der Waals surface area contributed by atoms with E-state index in [1.807, 2.05) is 6.20 Å². The van der Waals surface area contributed by atoms with Crippen molar-refractivity contribution in [3.8, 4) is 0 Å². The second kappa shape index (κ2) is 7.07. The van der Waals surface area contributed by atoms with Crippen LogP contribution in [0.15, 0.2) is 11.6 Å². The van der Waals surface area contributed by atoms with E-state index in [1.54, 1.807) is 11.3 Å². The van der Waals surface area contributed by atoms with Crippen molar-refractivity contribution < 1.29 is 0 Å². The van der Waals surface area contributed by atoms with Crippen molar-refractivity contribution in [3.63, 3.8) is 0 Å². The smallest absolute Gasteiger partial charge is 0.185 e. The van der Waals surface area contributed by atoms with Gasteiger partial charge >= 0.3 is 0 Å². The molecule has 0 saturated carbocycles. The molecule has 0 amide bonds. The third kappa shape index (κ3) is 3.67. The molecule has 1 aliphatic heterocycles. The minimum absolute atomic E-state index is 0.696. The Hall–Kier alpha value is -0.650. The highest BCUT2D eigenvalue weighted by Gasteiger charge is 2.18. The van der Waals surface area contributed by atoms with Crippen molar-refractivity contribution >= 4 is 16.5 Å². The van der Waals surface area contributed by atoms with E-state index in [1.165, 1.54) is 24.5 Å². The van der Waals surface area contributed by atoms with Gasteiger partial charge in [-0.1, -0.05) is 13.3 Å². The Morgan fingerprint density at radius 3 is 2.72 bits per heavy atom. The molecule has 0 spiro atoms. The van der Waals surface area contributed by atoms with Crippen LogP contribution in [0.5, 0.6) is 0 Å². The van der Waals surface area contributed by atoms with Gasteiger partial charge in [0.2, 0.25) is 0 Å². The van der Waals surface area contributed by atoms with Gasteiger partial charge in [-0.15, -0.1) is 11.3 Å². The number of nitrogens with zero attached hydrogens (tertiary/aromatic N) is 3. The fourth-order valence-electron chi connectivity index (χ4n) is 2.39. The maximum atomic E-state index is 5.75. The third-order valence-corrected chi connectivity index (χ3v) is 4.66. The lowest BCUT2D eigenvalue weighted by molar-refractivity contribution is 0.237. The number of hydrogen-bond donors (Lipinski definition) is 1. The van der Waals surface area contributed by atoms with Gasteiger partial charge in [-0.2, -0.15) is 0 Å². The van der Waals surface area contributed by atoms with Crippen LogP contribution in [0.25, 0.3) is 0 Å². The standard InChI is InChI=1S/C13H24N4S/c1-2-12(11-14)3-5-16-6-8-17(9-7-16)13-15-4-10-18-13/h4,10,12H,2-3,5-9,11,14H2,1H3. The molecule has 1 unspecified atom stereocenters. The fourth-order valence-corrected chi connectivity index (χ4v) is 3.09. The van der Waals surface area contributed by atoms with Crippen molar-refractivity contribution in [1.82, 2.24) is 9.88 Å². The van der Waals surface area contributed by atoms with Crippen LogP contribution in [0, 0.1) is 5.92 Å². The van der Waals surface area contributed by atoms with Crippen LogP contribution in [0.1, 0.15) is 19.8 Å². The summed E-state index contributed by atoms with van der Waals surface area (Å²) in [6.07, 6.45) is 4.33. The van der Waals surface area contributed by atoms with Crippen LogP contribution in [-0.4, -0.2) is 49.2 Å². The summed E-state index contributed by atoms with van der Waals surface area (Å²) in [5.74, 6) is 0.696. The van der Waals surface area contributed by atoms with Gasteiger partial charge in [0.05, 0.1) is 0 Å². The Morgan fingerprint density at radius 1 is 1.39 bits per heavy atom. The van der Waals surface area contributed by atoms with E-state index in [4.69, 9.17) is 5.73 Å². The molecule has 0 radical (unpaired) electrons. The first-order valence-electron chi connectivity index (χ1n) is 6.90. The second-order valence-electron chi connectivity index (χ2n) is 4.94. The van der Waals surface area contributed by atoms with Gasteiger partial charge in [0.25, 0.3) is 0 Å².